The van der Waals surface area contributed by atoms with E-state index in [1.165, 1.54) is 0 Å². The lowest BCUT2D eigenvalue weighted by atomic mass is 9.98. The van der Waals surface area contributed by atoms with Gasteiger partial charge in [-0.3, -0.25) is 0 Å². The summed E-state index contributed by atoms with van der Waals surface area (Å²) in [6.07, 6.45) is 0.731. The molecule has 0 fully saturated rings. The van der Waals surface area contributed by atoms with Crippen molar-refractivity contribution >= 4 is 16.1 Å². The molecule has 0 heterocycles. The normalized spacial score (nSPS) is 18.1. The second-order valence-corrected chi connectivity index (χ2v) is 4.94. The zero-order chi connectivity index (χ0) is 13.3. The molecule has 0 bridgehead atoms. The molecule has 9 heteroatoms. The number of alkyl halides is 3. The number of allylic oxidation sites excluding steroid dienone is 1. The van der Waals surface area contributed by atoms with Gasteiger partial charge in [0.2, 0.25) is 0 Å². The molecule has 0 aromatic heterocycles. The standard InChI is InChI=1S/C8H9F3O5S/c9-8(10,11)17(14,15)16-6-4-2-1-3-5(6)7(12)13/h1-4H2,(H,12,13). The summed E-state index contributed by atoms with van der Waals surface area (Å²) >= 11 is 0. The maximum Gasteiger partial charge on any atom is 0.534 e. The first kappa shape index (κ1) is 13.8. The van der Waals surface area contributed by atoms with E-state index in [-0.39, 0.29) is 12.8 Å². The topological polar surface area (TPSA) is 80.7 Å². The summed E-state index contributed by atoms with van der Waals surface area (Å²) in [5, 5.41) is 8.69. The van der Waals surface area contributed by atoms with E-state index in [2.05, 4.69) is 4.18 Å². The van der Waals surface area contributed by atoms with Crippen molar-refractivity contribution in [2.75, 3.05) is 0 Å². The van der Waals surface area contributed by atoms with Gasteiger partial charge in [-0.15, -0.1) is 0 Å². The fourth-order valence-corrected chi connectivity index (χ4v) is 1.92. The van der Waals surface area contributed by atoms with Crippen LogP contribution in [0.15, 0.2) is 11.3 Å². The number of hydrogen-bond donors (Lipinski definition) is 1. The predicted octanol–water partition coefficient (Wildman–Crippen LogP) is 1.77. The lowest BCUT2D eigenvalue weighted by molar-refractivity contribution is -0.133. The van der Waals surface area contributed by atoms with E-state index in [9.17, 15) is 26.4 Å². The van der Waals surface area contributed by atoms with Gasteiger partial charge in [0.1, 0.15) is 5.76 Å². The molecule has 1 rings (SSSR count). The molecule has 0 saturated carbocycles. The van der Waals surface area contributed by atoms with Crippen molar-refractivity contribution in [3.05, 3.63) is 11.3 Å². The highest BCUT2D eigenvalue weighted by atomic mass is 32.2. The molecule has 0 unspecified atom stereocenters. The average molecular weight is 274 g/mol. The van der Waals surface area contributed by atoms with Gasteiger partial charge in [-0.05, 0) is 19.3 Å². The van der Waals surface area contributed by atoms with Crippen molar-refractivity contribution in [3.63, 3.8) is 0 Å². The molecule has 1 N–H and O–H groups in total. The quantitative estimate of drug-likeness (QED) is 0.626. The molecule has 98 valence electrons. The highest BCUT2D eigenvalue weighted by Gasteiger charge is 2.49. The summed E-state index contributed by atoms with van der Waals surface area (Å²) < 4.78 is 61.4. The first-order chi connectivity index (χ1) is 7.65. The molecule has 17 heavy (non-hydrogen) atoms. The van der Waals surface area contributed by atoms with Gasteiger partial charge >= 0.3 is 21.6 Å². The molecule has 0 spiro atoms. The second kappa shape index (κ2) is 4.55. The molecule has 0 atom stereocenters. The van der Waals surface area contributed by atoms with Gasteiger partial charge in [-0.25, -0.2) is 4.79 Å². The monoisotopic (exact) mass is 274 g/mol. The van der Waals surface area contributed by atoms with Crippen LogP contribution in [-0.2, 0) is 19.1 Å². The first-order valence-electron chi connectivity index (χ1n) is 4.61. The van der Waals surface area contributed by atoms with E-state index < -0.39 is 32.9 Å². The van der Waals surface area contributed by atoms with Crippen molar-refractivity contribution in [1.29, 1.82) is 0 Å². The number of carboxylic acid groups (broad SMARTS) is 1. The van der Waals surface area contributed by atoms with E-state index in [1.807, 2.05) is 0 Å². The first-order valence-corrected chi connectivity index (χ1v) is 6.02. The molecule has 0 aromatic rings. The Kier molecular flexibility index (Phi) is 3.70. The van der Waals surface area contributed by atoms with Crippen LogP contribution in [0, 0.1) is 0 Å². The van der Waals surface area contributed by atoms with Crippen LogP contribution in [0.1, 0.15) is 25.7 Å². The van der Waals surface area contributed by atoms with Crippen molar-refractivity contribution in [1.82, 2.24) is 0 Å². The number of halogens is 3. The van der Waals surface area contributed by atoms with E-state index in [0.29, 0.717) is 12.8 Å². The summed E-state index contributed by atoms with van der Waals surface area (Å²) in [5.74, 6) is -2.09. The minimum atomic E-state index is -5.78. The second-order valence-electron chi connectivity index (χ2n) is 3.40. The third-order valence-corrected chi connectivity index (χ3v) is 3.16. The number of carbonyl (C=O) groups is 1. The average Bonchev–Trinajstić information content (AvgIpc) is 2.15. The smallest absolute Gasteiger partial charge is 0.478 e. The van der Waals surface area contributed by atoms with Crippen LogP contribution in [0.5, 0.6) is 0 Å². The van der Waals surface area contributed by atoms with Crippen molar-refractivity contribution in [2.45, 2.75) is 31.2 Å². The van der Waals surface area contributed by atoms with E-state index in [4.69, 9.17) is 5.11 Å². The van der Waals surface area contributed by atoms with Crippen molar-refractivity contribution in [3.8, 4) is 0 Å². The fourth-order valence-electron chi connectivity index (χ4n) is 1.38. The molecule has 0 radical (unpaired) electrons. The largest absolute Gasteiger partial charge is 0.534 e. The van der Waals surface area contributed by atoms with Gasteiger partial charge in [0.25, 0.3) is 0 Å². The Morgan fingerprint density at radius 2 is 1.76 bits per heavy atom. The third kappa shape index (κ3) is 3.11. The number of rotatable bonds is 3. The van der Waals surface area contributed by atoms with Gasteiger partial charge in [-0.1, -0.05) is 0 Å². The predicted molar refractivity (Wildman–Crippen MR) is 49.2 cm³/mol. The van der Waals surface area contributed by atoms with Gasteiger partial charge in [0.15, 0.2) is 0 Å². The number of carboxylic acids is 1. The van der Waals surface area contributed by atoms with Crippen molar-refractivity contribution in [2.24, 2.45) is 0 Å². The molecular weight excluding hydrogens is 265 g/mol. The van der Waals surface area contributed by atoms with E-state index in [1.54, 1.807) is 0 Å². The molecule has 1 aliphatic rings. The van der Waals surface area contributed by atoms with E-state index in [0.717, 1.165) is 0 Å². The highest BCUT2D eigenvalue weighted by molar-refractivity contribution is 7.87. The van der Waals surface area contributed by atoms with E-state index >= 15 is 0 Å². The lowest BCUT2D eigenvalue weighted by Crippen LogP contribution is -2.26. The van der Waals surface area contributed by atoms with Crippen molar-refractivity contribution < 1.29 is 35.7 Å². The SMILES string of the molecule is O=C(O)C1=C(OS(=O)(=O)C(F)(F)F)CCCC1. The molecule has 0 aliphatic heterocycles. The molecule has 1 aliphatic carbocycles. The molecule has 0 saturated heterocycles. The molecule has 5 nitrogen and oxygen atoms in total. The van der Waals surface area contributed by atoms with Crippen LogP contribution >= 0.6 is 0 Å². The molecule has 0 aromatic carbocycles. The maximum absolute atomic E-state index is 12.0. The van der Waals surface area contributed by atoms with Gasteiger partial charge in [0.05, 0.1) is 5.57 Å². The van der Waals surface area contributed by atoms with Gasteiger partial charge < -0.3 is 9.29 Å². The Labute approximate surface area is 95.0 Å². The molecule has 0 amide bonds. The zero-order valence-corrected chi connectivity index (χ0v) is 9.27. The summed E-state index contributed by atoms with van der Waals surface area (Å²) in [6, 6.07) is 0. The number of hydrogen-bond acceptors (Lipinski definition) is 4. The number of aliphatic carboxylic acids is 1. The Balaban J connectivity index is 3.05. The van der Waals surface area contributed by atoms with Crippen LogP contribution in [0.4, 0.5) is 13.2 Å². The van der Waals surface area contributed by atoms with Gasteiger partial charge in [0, 0.05) is 6.42 Å². The summed E-state index contributed by atoms with van der Waals surface area (Å²) in [7, 11) is -5.78. The van der Waals surface area contributed by atoms with Crippen LogP contribution in [0.25, 0.3) is 0 Å². The minimum Gasteiger partial charge on any atom is -0.478 e. The third-order valence-electron chi connectivity index (χ3n) is 2.17. The summed E-state index contributed by atoms with van der Waals surface area (Å²) in [5.41, 5.74) is -5.97. The summed E-state index contributed by atoms with van der Waals surface area (Å²) in [4.78, 5) is 10.7. The lowest BCUT2D eigenvalue weighted by Gasteiger charge is -2.18. The van der Waals surface area contributed by atoms with Crippen LogP contribution < -0.4 is 0 Å². The maximum atomic E-state index is 12.0. The zero-order valence-electron chi connectivity index (χ0n) is 8.45. The van der Waals surface area contributed by atoms with Crippen LogP contribution in [0.3, 0.4) is 0 Å². The fraction of sp³-hybridized carbons (Fsp3) is 0.625. The van der Waals surface area contributed by atoms with Gasteiger partial charge in [-0.2, -0.15) is 21.6 Å². The molecular formula is C8H9F3O5S. The Bertz CT molecular complexity index is 448. The van der Waals surface area contributed by atoms with Crippen LogP contribution in [-0.4, -0.2) is 25.0 Å². The Morgan fingerprint density at radius 3 is 2.24 bits per heavy atom. The highest BCUT2D eigenvalue weighted by Crippen LogP contribution is 2.32. The summed E-state index contributed by atoms with van der Waals surface area (Å²) in [6.45, 7) is 0. The van der Waals surface area contributed by atoms with Crippen LogP contribution in [0.2, 0.25) is 0 Å². The Morgan fingerprint density at radius 1 is 1.24 bits per heavy atom. The minimum absolute atomic E-state index is 0.00194. The Hall–Kier alpha value is -1.25.